The molecule has 0 spiro atoms. The monoisotopic (exact) mass is 253 g/mol. The summed E-state index contributed by atoms with van der Waals surface area (Å²) in [6.07, 6.45) is 3.55. The molecule has 0 radical (unpaired) electrons. The summed E-state index contributed by atoms with van der Waals surface area (Å²) < 4.78 is 0. The quantitative estimate of drug-likeness (QED) is 0.846. The van der Waals surface area contributed by atoms with Gasteiger partial charge in [0.15, 0.2) is 0 Å². The van der Waals surface area contributed by atoms with Crippen LogP contribution in [0.25, 0.3) is 0 Å². The van der Waals surface area contributed by atoms with Gasteiger partial charge < -0.3 is 10.4 Å². The van der Waals surface area contributed by atoms with Crippen LogP contribution < -0.4 is 5.32 Å². The first-order valence-electron chi connectivity index (χ1n) is 5.70. The number of carbonyl (C=O) groups excluding carboxylic acids is 1. The Balaban J connectivity index is 1.91. The normalized spacial score (nSPS) is 16.5. The lowest BCUT2D eigenvalue weighted by Crippen LogP contribution is -2.32. The Bertz CT molecular complexity index is 437. The second kappa shape index (κ2) is 4.87. The summed E-state index contributed by atoms with van der Waals surface area (Å²) in [4.78, 5) is 23.2. The van der Waals surface area contributed by atoms with E-state index in [-0.39, 0.29) is 16.8 Å². The number of carbonyl (C=O) groups is 2. The molecule has 4 nitrogen and oxygen atoms in total. The van der Waals surface area contributed by atoms with Gasteiger partial charge in [-0.1, -0.05) is 12.8 Å². The Morgan fingerprint density at radius 1 is 1.47 bits per heavy atom. The zero-order valence-corrected chi connectivity index (χ0v) is 10.4. The number of hydrogen-bond acceptors (Lipinski definition) is 3. The van der Waals surface area contributed by atoms with Crippen LogP contribution in [0.1, 0.15) is 45.5 Å². The lowest BCUT2D eigenvalue weighted by atomic mass is 10.1. The van der Waals surface area contributed by atoms with Crippen LogP contribution in [0, 0.1) is 5.92 Å². The summed E-state index contributed by atoms with van der Waals surface area (Å²) >= 11 is 1.01. The van der Waals surface area contributed by atoms with Gasteiger partial charge in [0.25, 0.3) is 5.91 Å². The number of aromatic carboxylic acids is 1. The van der Waals surface area contributed by atoms with Crippen LogP contribution >= 0.6 is 11.3 Å². The molecule has 1 amide bonds. The summed E-state index contributed by atoms with van der Waals surface area (Å²) in [6, 6.07) is 3.19. The highest BCUT2D eigenvalue weighted by Crippen LogP contribution is 2.33. The van der Waals surface area contributed by atoms with E-state index in [1.807, 2.05) is 6.92 Å². The highest BCUT2D eigenvalue weighted by atomic mass is 32.1. The van der Waals surface area contributed by atoms with Crippen molar-refractivity contribution in [2.45, 2.75) is 32.2 Å². The van der Waals surface area contributed by atoms with E-state index >= 15 is 0 Å². The lowest BCUT2D eigenvalue weighted by Gasteiger charge is -2.12. The fourth-order valence-corrected chi connectivity index (χ4v) is 2.53. The molecule has 2 N–H and O–H groups in total. The molecule has 1 unspecified atom stereocenters. The molecule has 1 heterocycles. The van der Waals surface area contributed by atoms with Gasteiger partial charge >= 0.3 is 5.97 Å². The van der Waals surface area contributed by atoms with E-state index < -0.39 is 5.97 Å². The first kappa shape index (κ1) is 12.1. The molecule has 0 bridgehead atoms. The minimum atomic E-state index is -0.986. The smallest absolute Gasteiger partial charge is 0.345 e. The Hall–Kier alpha value is -1.36. The number of amides is 1. The average Bonchev–Trinajstić information content (AvgIpc) is 2.92. The summed E-state index contributed by atoms with van der Waals surface area (Å²) in [6.45, 7) is 1.99. The number of nitrogens with one attached hydrogen (secondary N) is 1. The van der Waals surface area contributed by atoms with E-state index in [1.54, 1.807) is 6.07 Å². The largest absolute Gasteiger partial charge is 0.477 e. The van der Waals surface area contributed by atoms with Gasteiger partial charge in [-0.05, 0) is 31.4 Å². The van der Waals surface area contributed by atoms with Crippen molar-refractivity contribution < 1.29 is 14.7 Å². The standard InChI is InChI=1S/C12H15NO3S/c1-7(6-8-2-3-8)13-11(14)9-4-5-10(17-9)12(15)16/h4-5,7-8H,2-3,6H2,1H3,(H,13,14)(H,15,16). The van der Waals surface area contributed by atoms with Crippen LogP contribution in [0.15, 0.2) is 12.1 Å². The van der Waals surface area contributed by atoms with Crippen molar-refractivity contribution >= 4 is 23.2 Å². The Morgan fingerprint density at radius 2 is 2.12 bits per heavy atom. The highest BCUT2D eigenvalue weighted by Gasteiger charge is 2.24. The SMILES string of the molecule is CC(CC1CC1)NC(=O)c1ccc(C(=O)O)s1. The fraction of sp³-hybridized carbons (Fsp3) is 0.500. The Morgan fingerprint density at radius 3 is 2.65 bits per heavy atom. The molecule has 0 aromatic carbocycles. The van der Waals surface area contributed by atoms with E-state index in [0.717, 1.165) is 23.7 Å². The van der Waals surface area contributed by atoms with Gasteiger partial charge in [-0.25, -0.2) is 4.79 Å². The summed E-state index contributed by atoms with van der Waals surface area (Å²) in [5.74, 6) is -0.390. The maximum Gasteiger partial charge on any atom is 0.345 e. The van der Waals surface area contributed by atoms with Crippen LogP contribution in [-0.2, 0) is 0 Å². The van der Waals surface area contributed by atoms with Crippen molar-refractivity contribution in [2.24, 2.45) is 5.92 Å². The molecule has 17 heavy (non-hydrogen) atoms. The maximum atomic E-state index is 11.8. The van der Waals surface area contributed by atoms with Gasteiger partial charge in [0.05, 0.1) is 4.88 Å². The molecule has 5 heteroatoms. The molecular formula is C12H15NO3S. The minimum Gasteiger partial charge on any atom is -0.477 e. The van der Waals surface area contributed by atoms with Gasteiger partial charge in [0.2, 0.25) is 0 Å². The van der Waals surface area contributed by atoms with Crippen molar-refractivity contribution in [1.82, 2.24) is 5.32 Å². The van der Waals surface area contributed by atoms with Crippen LogP contribution in [0.2, 0.25) is 0 Å². The molecule has 2 rings (SSSR count). The summed E-state index contributed by atoms with van der Waals surface area (Å²) in [5.41, 5.74) is 0. The molecule has 0 aliphatic heterocycles. The third-order valence-electron chi connectivity index (χ3n) is 2.80. The minimum absolute atomic E-state index is 0.158. The number of carboxylic acids is 1. The van der Waals surface area contributed by atoms with E-state index in [0.29, 0.717) is 4.88 Å². The molecule has 1 aliphatic carbocycles. The molecule has 92 valence electrons. The number of hydrogen-bond donors (Lipinski definition) is 2. The topological polar surface area (TPSA) is 66.4 Å². The van der Waals surface area contributed by atoms with Gasteiger partial charge in [-0.2, -0.15) is 0 Å². The third-order valence-corrected chi connectivity index (χ3v) is 3.87. The summed E-state index contributed by atoms with van der Waals surface area (Å²) in [7, 11) is 0. The molecule has 1 atom stereocenters. The third kappa shape index (κ3) is 3.30. The maximum absolute atomic E-state index is 11.8. The van der Waals surface area contributed by atoms with Gasteiger partial charge in [-0.15, -0.1) is 11.3 Å². The Kier molecular flexibility index (Phi) is 3.47. The van der Waals surface area contributed by atoms with E-state index in [2.05, 4.69) is 5.32 Å². The zero-order chi connectivity index (χ0) is 12.4. The Labute approximate surface area is 104 Å². The second-order valence-corrected chi connectivity index (χ2v) is 5.61. The average molecular weight is 253 g/mol. The number of carboxylic acid groups (broad SMARTS) is 1. The van der Waals surface area contributed by atoms with Crippen molar-refractivity contribution in [3.63, 3.8) is 0 Å². The van der Waals surface area contributed by atoms with E-state index in [4.69, 9.17) is 5.11 Å². The molecule has 1 aromatic heterocycles. The molecule has 1 aromatic rings. The van der Waals surface area contributed by atoms with Gasteiger partial charge in [0, 0.05) is 6.04 Å². The molecule has 0 saturated heterocycles. The van der Waals surface area contributed by atoms with Crippen molar-refractivity contribution in [1.29, 1.82) is 0 Å². The first-order valence-corrected chi connectivity index (χ1v) is 6.52. The van der Waals surface area contributed by atoms with Crippen molar-refractivity contribution in [3.8, 4) is 0 Å². The van der Waals surface area contributed by atoms with Crippen LogP contribution in [0.5, 0.6) is 0 Å². The van der Waals surface area contributed by atoms with Crippen LogP contribution in [0.3, 0.4) is 0 Å². The van der Waals surface area contributed by atoms with Gasteiger partial charge in [0.1, 0.15) is 4.88 Å². The van der Waals surface area contributed by atoms with E-state index in [9.17, 15) is 9.59 Å². The summed E-state index contributed by atoms with van der Waals surface area (Å²) in [5, 5.41) is 11.7. The fourth-order valence-electron chi connectivity index (χ4n) is 1.78. The number of rotatable bonds is 5. The van der Waals surface area contributed by atoms with Crippen molar-refractivity contribution in [3.05, 3.63) is 21.9 Å². The van der Waals surface area contributed by atoms with E-state index in [1.165, 1.54) is 18.9 Å². The molecule has 1 saturated carbocycles. The van der Waals surface area contributed by atoms with Crippen molar-refractivity contribution in [2.75, 3.05) is 0 Å². The first-order chi connectivity index (χ1) is 8.06. The second-order valence-electron chi connectivity index (χ2n) is 4.52. The highest BCUT2D eigenvalue weighted by molar-refractivity contribution is 7.15. The van der Waals surface area contributed by atoms with Crippen LogP contribution in [-0.4, -0.2) is 23.0 Å². The van der Waals surface area contributed by atoms with Gasteiger partial charge in [-0.3, -0.25) is 4.79 Å². The molecule has 1 fully saturated rings. The predicted octanol–water partition coefficient (Wildman–Crippen LogP) is 2.36. The zero-order valence-electron chi connectivity index (χ0n) is 9.60. The number of thiophene rings is 1. The molecule has 1 aliphatic rings. The lowest BCUT2D eigenvalue weighted by molar-refractivity contribution is 0.0702. The molecular weight excluding hydrogens is 238 g/mol. The van der Waals surface area contributed by atoms with Crippen LogP contribution in [0.4, 0.5) is 0 Å². The predicted molar refractivity (Wildman–Crippen MR) is 65.5 cm³/mol.